The van der Waals surface area contributed by atoms with Gasteiger partial charge in [-0.1, -0.05) is 48.5 Å². The van der Waals surface area contributed by atoms with Crippen LogP contribution in [0.3, 0.4) is 0 Å². The van der Waals surface area contributed by atoms with Gasteiger partial charge < -0.3 is 9.80 Å². The predicted octanol–water partition coefficient (Wildman–Crippen LogP) is 4.59. The first-order chi connectivity index (χ1) is 14.2. The molecular formula is C24H27N3OS. The lowest BCUT2D eigenvalue weighted by Crippen LogP contribution is -2.35. The number of benzene rings is 2. The van der Waals surface area contributed by atoms with Gasteiger partial charge in [0.05, 0.1) is 5.69 Å². The maximum Gasteiger partial charge on any atom is 0.254 e. The van der Waals surface area contributed by atoms with Crippen LogP contribution in [-0.2, 0) is 12.8 Å². The fourth-order valence-electron chi connectivity index (χ4n) is 3.84. The van der Waals surface area contributed by atoms with E-state index in [9.17, 15) is 4.79 Å². The molecule has 1 aromatic heterocycles. The monoisotopic (exact) mass is 405 g/mol. The van der Waals surface area contributed by atoms with E-state index in [1.54, 1.807) is 11.3 Å². The Kier molecular flexibility index (Phi) is 6.25. The van der Waals surface area contributed by atoms with Crippen molar-refractivity contribution in [2.45, 2.75) is 26.2 Å². The lowest BCUT2D eigenvalue weighted by atomic mass is 9.99. The molecule has 0 saturated carbocycles. The third kappa shape index (κ3) is 4.85. The molecule has 2 aromatic carbocycles. The molecule has 0 radical (unpaired) electrons. The minimum absolute atomic E-state index is 0.158. The number of hydrogen-bond donors (Lipinski definition) is 0. The minimum atomic E-state index is 0.158. The van der Waals surface area contributed by atoms with Gasteiger partial charge in [0, 0.05) is 37.1 Å². The van der Waals surface area contributed by atoms with Crippen LogP contribution in [0.1, 0.15) is 33.6 Å². The average Bonchev–Trinajstić information content (AvgIpc) is 3.04. The van der Waals surface area contributed by atoms with Crippen LogP contribution in [0.2, 0.25) is 0 Å². The summed E-state index contributed by atoms with van der Waals surface area (Å²) in [5, 5.41) is 3.16. The van der Waals surface area contributed by atoms with Crippen molar-refractivity contribution in [2.24, 2.45) is 0 Å². The van der Waals surface area contributed by atoms with E-state index in [1.165, 1.54) is 5.56 Å². The highest BCUT2D eigenvalue weighted by Gasteiger charge is 2.23. The van der Waals surface area contributed by atoms with Crippen molar-refractivity contribution in [3.05, 3.63) is 82.4 Å². The van der Waals surface area contributed by atoms with Crippen molar-refractivity contribution in [1.29, 1.82) is 0 Å². The molecule has 1 amide bonds. The molecule has 1 aliphatic heterocycles. The van der Waals surface area contributed by atoms with Crippen LogP contribution in [0.4, 0.5) is 5.13 Å². The lowest BCUT2D eigenvalue weighted by Gasteiger charge is -2.23. The van der Waals surface area contributed by atoms with Crippen LogP contribution < -0.4 is 4.90 Å². The topological polar surface area (TPSA) is 36.4 Å². The normalized spacial score (nSPS) is 14.7. The van der Waals surface area contributed by atoms with E-state index < -0.39 is 0 Å². The Labute approximate surface area is 176 Å². The van der Waals surface area contributed by atoms with Crippen LogP contribution >= 0.6 is 11.3 Å². The fourth-order valence-corrected chi connectivity index (χ4v) is 4.70. The lowest BCUT2D eigenvalue weighted by molar-refractivity contribution is 0.0766. The second-order valence-electron chi connectivity index (χ2n) is 7.55. The molecule has 0 unspecified atom stereocenters. The van der Waals surface area contributed by atoms with Crippen molar-refractivity contribution in [3.63, 3.8) is 0 Å². The highest BCUT2D eigenvalue weighted by atomic mass is 32.1. The highest BCUT2D eigenvalue weighted by molar-refractivity contribution is 7.13. The Morgan fingerprint density at radius 1 is 0.966 bits per heavy atom. The van der Waals surface area contributed by atoms with Gasteiger partial charge in [-0.15, -0.1) is 11.3 Å². The summed E-state index contributed by atoms with van der Waals surface area (Å²) in [6.45, 7) is 5.36. The third-order valence-corrected chi connectivity index (χ3v) is 6.45. The summed E-state index contributed by atoms with van der Waals surface area (Å²) in [7, 11) is 0. The van der Waals surface area contributed by atoms with Crippen LogP contribution in [0, 0.1) is 6.92 Å². The zero-order chi connectivity index (χ0) is 20.1. The SMILES string of the molecule is Cc1csc(N2CCCN(C(=O)c3ccccc3CCc3ccccc3)CC2)n1. The molecule has 0 spiro atoms. The summed E-state index contributed by atoms with van der Waals surface area (Å²) in [5.41, 5.74) is 4.36. The largest absolute Gasteiger partial charge is 0.346 e. The van der Waals surface area contributed by atoms with Gasteiger partial charge in [0.25, 0.3) is 5.91 Å². The van der Waals surface area contributed by atoms with Crippen molar-refractivity contribution in [1.82, 2.24) is 9.88 Å². The number of rotatable bonds is 5. The van der Waals surface area contributed by atoms with Gasteiger partial charge in [0.15, 0.2) is 5.13 Å². The molecule has 4 rings (SSSR count). The van der Waals surface area contributed by atoms with Crippen molar-refractivity contribution in [2.75, 3.05) is 31.1 Å². The van der Waals surface area contributed by atoms with E-state index >= 15 is 0 Å². The van der Waals surface area contributed by atoms with Gasteiger partial charge in [-0.25, -0.2) is 4.98 Å². The Morgan fingerprint density at radius 3 is 2.55 bits per heavy atom. The maximum absolute atomic E-state index is 13.3. The molecule has 0 bridgehead atoms. The van der Waals surface area contributed by atoms with Gasteiger partial charge in [0.1, 0.15) is 0 Å². The first-order valence-corrected chi connectivity index (χ1v) is 11.2. The van der Waals surface area contributed by atoms with Gasteiger partial charge in [-0.2, -0.15) is 0 Å². The Bertz CT molecular complexity index is 954. The number of aromatic nitrogens is 1. The van der Waals surface area contributed by atoms with E-state index in [1.807, 2.05) is 36.1 Å². The molecule has 2 heterocycles. The number of hydrogen-bond acceptors (Lipinski definition) is 4. The molecule has 3 aromatic rings. The van der Waals surface area contributed by atoms with Gasteiger partial charge in [-0.05, 0) is 43.4 Å². The summed E-state index contributed by atoms with van der Waals surface area (Å²) in [6, 6.07) is 18.6. The summed E-state index contributed by atoms with van der Waals surface area (Å²) in [4.78, 5) is 22.3. The van der Waals surface area contributed by atoms with E-state index in [2.05, 4.69) is 45.6 Å². The quantitative estimate of drug-likeness (QED) is 0.623. The number of nitrogens with zero attached hydrogens (tertiary/aromatic N) is 3. The Balaban J connectivity index is 1.44. The van der Waals surface area contributed by atoms with Crippen LogP contribution in [0.25, 0.3) is 0 Å². The molecule has 0 atom stereocenters. The van der Waals surface area contributed by atoms with Crippen molar-refractivity contribution < 1.29 is 4.79 Å². The zero-order valence-electron chi connectivity index (χ0n) is 16.9. The summed E-state index contributed by atoms with van der Waals surface area (Å²) in [6.07, 6.45) is 2.79. The number of carbonyl (C=O) groups excluding carboxylic acids is 1. The highest BCUT2D eigenvalue weighted by Crippen LogP contribution is 2.22. The predicted molar refractivity (Wildman–Crippen MR) is 120 cm³/mol. The molecule has 0 N–H and O–H groups in total. The maximum atomic E-state index is 13.3. The Hall–Kier alpha value is -2.66. The average molecular weight is 406 g/mol. The molecule has 1 aliphatic rings. The second kappa shape index (κ2) is 9.23. The molecule has 1 fully saturated rings. The molecule has 4 nitrogen and oxygen atoms in total. The zero-order valence-corrected chi connectivity index (χ0v) is 17.7. The number of thiazole rings is 1. The number of amides is 1. The molecule has 150 valence electrons. The molecule has 29 heavy (non-hydrogen) atoms. The van der Waals surface area contributed by atoms with Gasteiger partial charge in [-0.3, -0.25) is 4.79 Å². The number of carbonyl (C=O) groups is 1. The minimum Gasteiger partial charge on any atom is -0.346 e. The standard InChI is InChI=1S/C24H27N3OS/c1-19-18-29-24(25-19)27-15-7-14-26(16-17-27)23(28)22-11-6-5-10-21(22)13-12-20-8-3-2-4-9-20/h2-6,8-11,18H,7,12-17H2,1H3. The van der Waals surface area contributed by atoms with Gasteiger partial charge in [0.2, 0.25) is 0 Å². The summed E-state index contributed by atoms with van der Waals surface area (Å²) >= 11 is 1.69. The van der Waals surface area contributed by atoms with Crippen LogP contribution in [0.15, 0.2) is 60.0 Å². The fraction of sp³-hybridized carbons (Fsp3) is 0.333. The molecular weight excluding hydrogens is 378 g/mol. The van der Waals surface area contributed by atoms with E-state index in [0.29, 0.717) is 0 Å². The molecule has 5 heteroatoms. The van der Waals surface area contributed by atoms with E-state index in [0.717, 1.165) is 67.4 Å². The molecule has 0 aliphatic carbocycles. The molecule has 1 saturated heterocycles. The Morgan fingerprint density at radius 2 is 1.76 bits per heavy atom. The van der Waals surface area contributed by atoms with Crippen molar-refractivity contribution in [3.8, 4) is 0 Å². The second-order valence-corrected chi connectivity index (χ2v) is 8.38. The van der Waals surface area contributed by atoms with Crippen LogP contribution in [-0.4, -0.2) is 42.0 Å². The number of anilines is 1. The van der Waals surface area contributed by atoms with E-state index in [4.69, 9.17) is 0 Å². The van der Waals surface area contributed by atoms with Crippen LogP contribution in [0.5, 0.6) is 0 Å². The smallest absolute Gasteiger partial charge is 0.254 e. The summed E-state index contributed by atoms with van der Waals surface area (Å²) in [5.74, 6) is 0.158. The number of aryl methyl sites for hydroxylation is 3. The van der Waals surface area contributed by atoms with E-state index in [-0.39, 0.29) is 5.91 Å². The first kappa shape index (κ1) is 19.6. The van der Waals surface area contributed by atoms with Crippen molar-refractivity contribution >= 4 is 22.4 Å². The summed E-state index contributed by atoms with van der Waals surface area (Å²) < 4.78 is 0. The first-order valence-electron chi connectivity index (χ1n) is 10.3. The van der Waals surface area contributed by atoms with Gasteiger partial charge >= 0.3 is 0 Å². The third-order valence-electron chi connectivity index (χ3n) is 5.43.